The fourth-order valence-corrected chi connectivity index (χ4v) is 2.93. The number of rotatable bonds is 6. The summed E-state index contributed by atoms with van der Waals surface area (Å²) in [5.74, 6) is 6.57. The molecular formula is C15H20N2OS. The molecule has 0 aliphatic rings. The molecule has 3 nitrogen and oxygen atoms in total. The van der Waals surface area contributed by atoms with E-state index in [-0.39, 0.29) is 6.04 Å². The van der Waals surface area contributed by atoms with E-state index >= 15 is 0 Å². The molecule has 0 saturated heterocycles. The van der Waals surface area contributed by atoms with Gasteiger partial charge in [-0.3, -0.25) is 11.3 Å². The summed E-state index contributed by atoms with van der Waals surface area (Å²) in [5, 5.41) is 2.00. The van der Waals surface area contributed by atoms with Crippen molar-refractivity contribution in [1.29, 1.82) is 0 Å². The van der Waals surface area contributed by atoms with Crippen LogP contribution in [0.15, 0.2) is 35.7 Å². The highest BCUT2D eigenvalue weighted by molar-refractivity contribution is 7.10. The lowest BCUT2D eigenvalue weighted by Crippen LogP contribution is -2.28. The second-order valence-corrected chi connectivity index (χ2v) is 5.43. The van der Waals surface area contributed by atoms with Gasteiger partial charge in [-0.2, -0.15) is 0 Å². The fraction of sp³-hybridized carbons (Fsp3) is 0.333. The summed E-state index contributed by atoms with van der Waals surface area (Å²) >= 11 is 1.67. The Bertz CT molecular complexity index is 507. The van der Waals surface area contributed by atoms with Crippen LogP contribution in [0.25, 0.3) is 0 Å². The van der Waals surface area contributed by atoms with E-state index < -0.39 is 0 Å². The van der Waals surface area contributed by atoms with Crippen molar-refractivity contribution in [2.45, 2.75) is 25.8 Å². The molecule has 0 spiro atoms. The first-order valence-electron chi connectivity index (χ1n) is 6.43. The van der Waals surface area contributed by atoms with Crippen molar-refractivity contribution in [2.75, 3.05) is 7.11 Å². The number of ether oxygens (including phenoxy) is 1. The van der Waals surface area contributed by atoms with Crippen LogP contribution in [-0.2, 0) is 12.8 Å². The monoisotopic (exact) mass is 276 g/mol. The topological polar surface area (TPSA) is 47.3 Å². The summed E-state index contributed by atoms with van der Waals surface area (Å²) in [6.07, 6.45) is 1.95. The third kappa shape index (κ3) is 3.56. The number of thiophene rings is 1. The third-order valence-corrected chi connectivity index (χ3v) is 4.27. The van der Waals surface area contributed by atoms with Crippen molar-refractivity contribution in [1.82, 2.24) is 5.43 Å². The van der Waals surface area contributed by atoms with E-state index in [2.05, 4.69) is 36.6 Å². The van der Waals surface area contributed by atoms with E-state index in [1.54, 1.807) is 18.4 Å². The van der Waals surface area contributed by atoms with E-state index in [4.69, 9.17) is 10.6 Å². The molecule has 2 aromatic rings. The smallest absolute Gasteiger partial charge is 0.129 e. The Morgan fingerprint density at radius 1 is 1.26 bits per heavy atom. The first kappa shape index (κ1) is 14.1. The zero-order chi connectivity index (χ0) is 13.7. The molecule has 1 aromatic carbocycles. The molecular weight excluding hydrogens is 256 g/mol. The number of hydrazine groups is 1. The van der Waals surface area contributed by atoms with E-state index in [1.807, 2.05) is 11.4 Å². The SMILES string of the molecule is CCc1ccc(CC(NN)c2cc(OC)cs2)cc1. The summed E-state index contributed by atoms with van der Waals surface area (Å²) in [5.41, 5.74) is 5.53. The zero-order valence-electron chi connectivity index (χ0n) is 11.3. The minimum Gasteiger partial charge on any atom is -0.496 e. The van der Waals surface area contributed by atoms with Gasteiger partial charge in [0.25, 0.3) is 0 Å². The van der Waals surface area contributed by atoms with Crippen molar-refractivity contribution < 1.29 is 4.74 Å². The average molecular weight is 276 g/mol. The quantitative estimate of drug-likeness (QED) is 0.629. The predicted molar refractivity (Wildman–Crippen MR) is 80.5 cm³/mol. The number of hydrogen-bond acceptors (Lipinski definition) is 4. The zero-order valence-corrected chi connectivity index (χ0v) is 12.2. The Morgan fingerprint density at radius 2 is 1.95 bits per heavy atom. The van der Waals surface area contributed by atoms with Crippen LogP contribution in [0.2, 0.25) is 0 Å². The van der Waals surface area contributed by atoms with Gasteiger partial charge < -0.3 is 4.74 Å². The van der Waals surface area contributed by atoms with Crippen LogP contribution in [-0.4, -0.2) is 7.11 Å². The maximum atomic E-state index is 5.68. The molecule has 0 saturated carbocycles. The van der Waals surface area contributed by atoms with Gasteiger partial charge in [0.1, 0.15) is 5.75 Å². The summed E-state index contributed by atoms with van der Waals surface area (Å²) in [6.45, 7) is 2.16. The molecule has 0 aliphatic carbocycles. The van der Waals surface area contributed by atoms with Gasteiger partial charge >= 0.3 is 0 Å². The van der Waals surface area contributed by atoms with E-state index in [1.165, 1.54) is 16.0 Å². The minimum atomic E-state index is 0.126. The molecule has 4 heteroatoms. The minimum absolute atomic E-state index is 0.126. The van der Waals surface area contributed by atoms with Crippen molar-refractivity contribution in [2.24, 2.45) is 5.84 Å². The van der Waals surface area contributed by atoms with Crippen LogP contribution in [0.4, 0.5) is 0 Å². The van der Waals surface area contributed by atoms with Crippen molar-refractivity contribution in [3.05, 3.63) is 51.7 Å². The molecule has 0 radical (unpaired) electrons. The predicted octanol–water partition coefficient (Wildman–Crippen LogP) is 3.07. The molecule has 1 heterocycles. The summed E-state index contributed by atoms with van der Waals surface area (Å²) in [6, 6.07) is 10.9. The van der Waals surface area contributed by atoms with Crippen LogP contribution >= 0.6 is 11.3 Å². The number of benzene rings is 1. The second kappa shape index (κ2) is 6.70. The van der Waals surface area contributed by atoms with Crippen molar-refractivity contribution in [3.8, 4) is 5.75 Å². The second-order valence-electron chi connectivity index (χ2n) is 4.48. The molecule has 0 bridgehead atoms. The maximum Gasteiger partial charge on any atom is 0.129 e. The third-order valence-electron chi connectivity index (χ3n) is 3.25. The number of nitrogens with two attached hydrogens (primary N) is 1. The lowest BCUT2D eigenvalue weighted by molar-refractivity contribution is 0.415. The lowest BCUT2D eigenvalue weighted by atomic mass is 10.0. The standard InChI is InChI=1S/C15H20N2OS/c1-3-11-4-6-12(7-5-11)8-14(17-16)15-9-13(18-2)10-19-15/h4-7,9-10,14,17H,3,8,16H2,1-2H3. The normalized spacial score (nSPS) is 12.4. The number of methoxy groups -OCH3 is 1. The molecule has 3 N–H and O–H groups in total. The van der Waals surface area contributed by atoms with Crippen LogP contribution < -0.4 is 16.0 Å². The van der Waals surface area contributed by atoms with Gasteiger partial charge in [-0.25, -0.2) is 0 Å². The molecule has 102 valence electrons. The van der Waals surface area contributed by atoms with Crippen LogP contribution in [0, 0.1) is 0 Å². The highest BCUT2D eigenvalue weighted by atomic mass is 32.1. The molecule has 2 rings (SSSR count). The highest BCUT2D eigenvalue weighted by Crippen LogP contribution is 2.28. The molecule has 1 aromatic heterocycles. The molecule has 1 unspecified atom stereocenters. The van der Waals surface area contributed by atoms with Gasteiger partial charge in [0, 0.05) is 10.3 Å². The van der Waals surface area contributed by atoms with Gasteiger partial charge in [0.2, 0.25) is 0 Å². The number of hydrogen-bond donors (Lipinski definition) is 2. The van der Waals surface area contributed by atoms with Gasteiger partial charge in [0.05, 0.1) is 13.2 Å². The van der Waals surface area contributed by atoms with E-state index in [0.717, 1.165) is 18.6 Å². The Kier molecular flexibility index (Phi) is 4.96. The summed E-state index contributed by atoms with van der Waals surface area (Å²) in [4.78, 5) is 1.19. The molecule has 1 atom stereocenters. The Morgan fingerprint density at radius 3 is 2.47 bits per heavy atom. The number of aryl methyl sites for hydroxylation is 1. The maximum absolute atomic E-state index is 5.68. The van der Waals surface area contributed by atoms with Crippen molar-refractivity contribution in [3.63, 3.8) is 0 Å². The summed E-state index contributed by atoms with van der Waals surface area (Å²) in [7, 11) is 1.68. The molecule has 19 heavy (non-hydrogen) atoms. The Labute approximate surface area is 118 Å². The highest BCUT2D eigenvalue weighted by Gasteiger charge is 2.13. The molecule has 0 aliphatic heterocycles. The Balaban J connectivity index is 2.09. The first-order chi connectivity index (χ1) is 9.26. The first-order valence-corrected chi connectivity index (χ1v) is 7.31. The molecule has 0 fully saturated rings. The van der Waals surface area contributed by atoms with E-state index in [9.17, 15) is 0 Å². The lowest BCUT2D eigenvalue weighted by Gasteiger charge is -2.14. The van der Waals surface area contributed by atoms with E-state index in [0.29, 0.717) is 0 Å². The van der Waals surface area contributed by atoms with Crippen LogP contribution in [0.5, 0.6) is 5.75 Å². The largest absolute Gasteiger partial charge is 0.496 e. The number of nitrogens with one attached hydrogen (secondary N) is 1. The van der Waals surface area contributed by atoms with Crippen LogP contribution in [0.1, 0.15) is 29.0 Å². The summed E-state index contributed by atoms with van der Waals surface area (Å²) < 4.78 is 5.21. The Hall–Kier alpha value is -1.36. The van der Waals surface area contributed by atoms with Gasteiger partial charge in [-0.1, -0.05) is 31.2 Å². The van der Waals surface area contributed by atoms with Crippen molar-refractivity contribution >= 4 is 11.3 Å². The van der Waals surface area contributed by atoms with Crippen LogP contribution in [0.3, 0.4) is 0 Å². The molecule has 0 amide bonds. The van der Waals surface area contributed by atoms with Gasteiger partial charge in [-0.05, 0) is 30.0 Å². The van der Waals surface area contributed by atoms with Gasteiger partial charge in [0.15, 0.2) is 0 Å². The fourth-order valence-electron chi connectivity index (χ4n) is 2.01. The van der Waals surface area contributed by atoms with Gasteiger partial charge in [-0.15, -0.1) is 11.3 Å². The average Bonchev–Trinajstić information content (AvgIpc) is 2.94.